The van der Waals surface area contributed by atoms with Crippen molar-refractivity contribution in [3.05, 3.63) is 0 Å². The standard InChI is InChI=1S/C25H44FN5O/c1-16-3-6-22(26)21-13-23(29-24(16)21)25(32)28-19-5-4-17-14-27-20(12-18(17)11-19)15-31-9-7-30(2)8-10-31/h16-24,27,29H,3-15H2,1-2H3,(H,28,32). The molecule has 1 amide bonds. The summed E-state index contributed by atoms with van der Waals surface area (Å²) in [5, 5.41) is 10.7. The molecule has 2 aliphatic carbocycles. The van der Waals surface area contributed by atoms with Crippen molar-refractivity contribution in [2.24, 2.45) is 23.7 Å². The quantitative estimate of drug-likeness (QED) is 0.609. The number of amides is 1. The van der Waals surface area contributed by atoms with Gasteiger partial charge in [-0.1, -0.05) is 6.92 Å². The molecule has 9 atom stereocenters. The Kier molecular flexibility index (Phi) is 7.08. The van der Waals surface area contributed by atoms with Crippen LogP contribution in [0.15, 0.2) is 0 Å². The Hall–Kier alpha value is -0.760. The average molecular weight is 450 g/mol. The van der Waals surface area contributed by atoms with E-state index in [-0.39, 0.29) is 30.0 Å². The van der Waals surface area contributed by atoms with E-state index in [2.05, 4.69) is 39.7 Å². The molecule has 0 aromatic carbocycles. The van der Waals surface area contributed by atoms with Gasteiger partial charge in [-0.3, -0.25) is 9.69 Å². The van der Waals surface area contributed by atoms with Gasteiger partial charge in [-0.15, -0.1) is 0 Å². The van der Waals surface area contributed by atoms with E-state index in [9.17, 15) is 9.18 Å². The second-order valence-corrected chi connectivity index (χ2v) is 11.7. The van der Waals surface area contributed by atoms with E-state index >= 15 is 0 Å². The minimum atomic E-state index is -0.746. The Morgan fingerprint density at radius 2 is 1.84 bits per heavy atom. The third-order valence-electron chi connectivity index (χ3n) is 9.47. The number of alkyl halides is 1. The number of piperidine rings is 1. The van der Waals surface area contributed by atoms with E-state index in [1.54, 1.807) is 0 Å². The van der Waals surface area contributed by atoms with Gasteiger partial charge in [0.25, 0.3) is 0 Å². The van der Waals surface area contributed by atoms with Crippen LogP contribution in [0, 0.1) is 23.7 Å². The molecule has 9 unspecified atom stereocenters. The van der Waals surface area contributed by atoms with Crippen molar-refractivity contribution in [2.75, 3.05) is 46.3 Å². The van der Waals surface area contributed by atoms with Crippen molar-refractivity contribution in [1.82, 2.24) is 25.8 Å². The second-order valence-electron chi connectivity index (χ2n) is 11.7. The van der Waals surface area contributed by atoms with E-state index in [0.29, 0.717) is 30.7 Å². The molecule has 182 valence electrons. The highest BCUT2D eigenvalue weighted by atomic mass is 19.1. The van der Waals surface area contributed by atoms with Gasteiger partial charge >= 0.3 is 0 Å². The summed E-state index contributed by atoms with van der Waals surface area (Å²) in [6.07, 6.45) is 6.14. The van der Waals surface area contributed by atoms with E-state index in [4.69, 9.17) is 0 Å². The van der Waals surface area contributed by atoms with Crippen molar-refractivity contribution in [2.45, 2.75) is 82.2 Å². The van der Waals surface area contributed by atoms with Crippen LogP contribution >= 0.6 is 0 Å². The minimum Gasteiger partial charge on any atom is -0.352 e. The molecule has 0 bridgehead atoms. The summed E-state index contributed by atoms with van der Waals surface area (Å²) in [5.74, 6) is 2.07. The zero-order valence-electron chi connectivity index (χ0n) is 20.1. The van der Waals surface area contributed by atoms with Gasteiger partial charge in [-0.2, -0.15) is 0 Å². The van der Waals surface area contributed by atoms with Crippen LogP contribution in [-0.2, 0) is 4.79 Å². The molecular formula is C25H44FN5O. The number of hydrogen-bond acceptors (Lipinski definition) is 5. The summed E-state index contributed by atoms with van der Waals surface area (Å²) in [4.78, 5) is 18.1. The molecule has 3 heterocycles. The summed E-state index contributed by atoms with van der Waals surface area (Å²) in [7, 11) is 2.21. The lowest BCUT2D eigenvalue weighted by Gasteiger charge is -2.44. The van der Waals surface area contributed by atoms with Crippen LogP contribution < -0.4 is 16.0 Å². The van der Waals surface area contributed by atoms with E-state index in [0.717, 1.165) is 38.3 Å². The van der Waals surface area contributed by atoms with Crippen molar-refractivity contribution in [1.29, 1.82) is 0 Å². The molecule has 5 aliphatic rings. The van der Waals surface area contributed by atoms with Crippen LogP contribution in [0.3, 0.4) is 0 Å². The molecule has 3 saturated heterocycles. The minimum absolute atomic E-state index is 0.0185. The molecule has 5 rings (SSSR count). The van der Waals surface area contributed by atoms with Crippen molar-refractivity contribution in [3.8, 4) is 0 Å². The summed E-state index contributed by atoms with van der Waals surface area (Å²) in [6, 6.07) is 0.829. The maximum absolute atomic E-state index is 14.4. The van der Waals surface area contributed by atoms with Crippen molar-refractivity contribution < 1.29 is 9.18 Å². The second kappa shape index (κ2) is 9.85. The van der Waals surface area contributed by atoms with Gasteiger partial charge in [0, 0.05) is 56.8 Å². The Bertz CT molecular complexity index is 638. The van der Waals surface area contributed by atoms with E-state index in [1.807, 2.05) is 0 Å². The smallest absolute Gasteiger partial charge is 0.237 e. The SMILES string of the molecule is CC1CCC(F)C2CC(C(=O)NC3CCC4CNC(CN5CCN(C)CC5)CC4C3)NC12. The van der Waals surface area contributed by atoms with Gasteiger partial charge in [0.2, 0.25) is 5.91 Å². The van der Waals surface area contributed by atoms with Gasteiger partial charge in [0.1, 0.15) is 6.17 Å². The molecule has 2 saturated carbocycles. The topological polar surface area (TPSA) is 59.6 Å². The van der Waals surface area contributed by atoms with Gasteiger partial charge in [-0.05, 0) is 76.3 Å². The molecule has 0 aromatic heterocycles. The number of nitrogens with zero attached hydrogens (tertiary/aromatic N) is 2. The van der Waals surface area contributed by atoms with Crippen molar-refractivity contribution >= 4 is 5.91 Å². The number of piperazine rings is 1. The fourth-order valence-electron chi connectivity index (χ4n) is 7.37. The van der Waals surface area contributed by atoms with Gasteiger partial charge < -0.3 is 20.9 Å². The first-order valence-corrected chi connectivity index (χ1v) is 13.3. The van der Waals surface area contributed by atoms with Crippen LogP contribution in [0.25, 0.3) is 0 Å². The predicted molar refractivity (Wildman–Crippen MR) is 125 cm³/mol. The zero-order chi connectivity index (χ0) is 22.2. The Morgan fingerprint density at radius 1 is 1.03 bits per heavy atom. The number of halogens is 1. The number of rotatable bonds is 4. The van der Waals surface area contributed by atoms with Crippen LogP contribution in [0.4, 0.5) is 4.39 Å². The van der Waals surface area contributed by atoms with Crippen molar-refractivity contribution in [3.63, 3.8) is 0 Å². The number of nitrogens with one attached hydrogen (secondary N) is 3. The lowest BCUT2D eigenvalue weighted by Crippen LogP contribution is -2.55. The van der Waals surface area contributed by atoms with E-state index < -0.39 is 6.17 Å². The fourth-order valence-corrected chi connectivity index (χ4v) is 7.37. The average Bonchev–Trinajstić information content (AvgIpc) is 3.25. The van der Waals surface area contributed by atoms with Gasteiger partial charge in [-0.25, -0.2) is 4.39 Å². The number of fused-ring (bicyclic) bond motifs is 2. The molecule has 32 heavy (non-hydrogen) atoms. The zero-order valence-corrected chi connectivity index (χ0v) is 20.1. The predicted octanol–water partition coefficient (Wildman–Crippen LogP) is 1.61. The van der Waals surface area contributed by atoms with Crippen LogP contribution in [0.5, 0.6) is 0 Å². The van der Waals surface area contributed by atoms with Gasteiger partial charge in [0.15, 0.2) is 0 Å². The third-order valence-corrected chi connectivity index (χ3v) is 9.47. The summed E-state index contributed by atoms with van der Waals surface area (Å²) < 4.78 is 14.4. The number of carbonyl (C=O) groups is 1. The number of likely N-dealkylation sites (N-methyl/N-ethyl adjacent to an activating group) is 1. The molecule has 7 heteroatoms. The first-order valence-electron chi connectivity index (χ1n) is 13.3. The first kappa shape index (κ1) is 23.0. The highest BCUT2D eigenvalue weighted by molar-refractivity contribution is 5.82. The lowest BCUT2D eigenvalue weighted by molar-refractivity contribution is -0.124. The molecular weight excluding hydrogens is 405 g/mol. The van der Waals surface area contributed by atoms with Gasteiger partial charge in [0.05, 0.1) is 6.04 Å². The van der Waals surface area contributed by atoms with Crippen LogP contribution in [-0.4, -0.2) is 92.4 Å². The first-order chi connectivity index (χ1) is 15.5. The lowest BCUT2D eigenvalue weighted by atomic mass is 9.71. The Labute approximate surface area is 193 Å². The Balaban J connectivity index is 1.10. The highest BCUT2D eigenvalue weighted by Crippen LogP contribution is 2.39. The summed E-state index contributed by atoms with van der Waals surface area (Å²) in [6.45, 7) is 9.19. The van der Waals surface area contributed by atoms with Crippen LogP contribution in [0.1, 0.15) is 51.9 Å². The Morgan fingerprint density at radius 3 is 2.62 bits per heavy atom. The summed E-state index contributed by atoms with van der Waals surface area (Å²) in [5.41, 5.74) is 0. The number of carbonyl (C=O) groups excluding carboxylic acids is 1. The molecule has 0 aromatic rings. The molecule has 0 spiro atoms. The molecule has 3 N–H and O–H groups in total. The monoisotopic (exact) mass is 449 g/mol. The number of hydrogen-bond donors (Lipinski definition) is 3. The molecule has 3 aliphatic heterocycles. The molecule has 5 fully saturated rings. The third kappa shape index (κ3) is 5.01. The van der Waals surface area contributed by atoms with Crippen LogP contribution in [0.2, 0.25) is 0 Å². The summed E-state index contributed by atoms with van der Waals surface area (Å²) >= 11 is 0. The largest absolute Gasteiger partial charge is 0.352 e. The maximum atomic E-state index is 14.4. The van der Waals surface area contributed by atoms with E-state index in [1.165, 1.54) is 39.0 Å². The molecule has 6 nitrogen and oxygen atoms in total. The maximum Gasteiger partial charge on any atom is 0.237 e. The molecule has 0 radical (unpaired) electrons. The normalized spacial score (nSPS) is 45.8. The fraction of sp³-hybridized carbons (Fsp3) is 0.960. The highest BCUT2D eigenvalue weighted by Gasteiger charge is 2.46.